The lowest BCUT2D eigenvalue weighted by molar-refractivity contribution is -0.384. The van der Waals surface area contributed by atoms with Crippen LogP contribution in [-0.4, -0.2) is 18.0 Å². The molecule has 1 aliphatic rings. The van der Waals surface area contributed by atoms with Crippen molar-refractivity contribution in [1.82, 2.24) is 0 Å². The third-order valence-corrected chi connectivity index (χ3v) is 4.77. The van der Waals surface area contributed by atoms with E-state index in [0.717, 1.165) is 37.6 Å². The second-order valence-electron chi connectivity index (χ2n) is 6.54. The molecule has 1 saturated heterocycles. The van der Waals surface area contributed by atoms with Gasteiger partial charge in [0.05, 0.1) is 4.92 Å². The van der Waals surface area contributed by atoms with Gasteiger partial charge in [0.2, 0.25) is 0 Å². The van der Waals surface area contributed by atoms with Crippen LogP contribution in [0.15, 0.2) is 48.5 Å². The third kappa shape index (κ3) is 4.29. The van der Waals surface area contributed by atoms with Gasteiger partial charge in [0.25, 0.3) is 5.69 Å². The molecule has 0 aliphatic carbocycles. The van der Waals surface area contributed by atoms with Crippen molar-refractivity contribution in [2.24, 2.45) is 5.92 Å². The molecule has 0 atom stereocenters. The Labute approximate surface area is 148 Å². The summed E-state index contributed by atoms with van der Waals surface area (Å²) in [7, 11) is 0. The first kappa shape index (κ1) is 17.3. The fraction of sp³-hybridized carbons (Fsp3) is 0.400. The Morgan fingerprint density at radius 1 is 1.12 bits per heavy atom. The molecule has 5 heteroatoms. The molecule has 0 aromatic heterocycles. The number of nitrogens with zero attached hydrogens (tertiary/aromatic N) is 2. The van der Waals surface area contributed by atoms with Gasteiger partial charge >= 0.3 is 0 Å². The van der Waals surface area contributed by atoms with Gasteiger partial charge in [-0.2, -0.15) is 0 Å². The molecule has 1 heterocycles. The summed E-state index contributed by atoms with van der Waals surface area (Å²) in [5.74, 6) is 2.09. The van der Waals surface area contributed by atoms with Gasteiger partial charge in [-0.3, -0.25) is 10.1 Å². The van der Waals surface area contributed by atoms with Gasteiger partial charge in [0.1, 0.15) is 17.2 Å². The monoisotopic (exact) mass is 340 g/mol. The number of ether oxygens (including phenoxy) is 1. The summed E-state index contributed by atoms with van der Waals surface area (Å²) in [6.07, 6.45) is 4.63. The normalized spacial score (nSPS) is 15.2. The molecular formula is C20H24N2O3. The van der Waals surface area contributed by atoms with Crippen LogP contribution in [0, 0.1) is 16.0 Å². The van der Waals surface area contributed by atoms with Gasteiger partial charge in [0.15, 0.2) is 0 Å². The van der Waals surface area contributed by atoms with Gasteiger partial charge in [-0.15, -0.1) is 0 Å². The minimum absolute atomic E-state index is 0.148. The lowest BCUT2D eigenvalue weighted by Crippen LogP contribution is -2.34. The van der Waals surface area contributed by atoms with Crippen LogP contribution in [-0.2, 0) is 0 Å². The van der Waals surface area contributed by atoms with Gasteiger partial charge in [-0.05, 0) is 37.0 Å². The average Bonchev–Trinajstić information content (AvgIpc) is 2.63. The molecule has 1 aliphatic heterocycles. The largest absolute Gasteiger partial charge is 0.457 e. The number of piperidine rings is 1. The predicted molar refractivity (Wildman–Crippen MR) is 99.5 cm³/mol. The van der Waals surface area contributed by atoms with Gasteiger partial charge in [-0.1, -0.05) is 38.0 Å². The number of rotatable bonds is 6. The van der Waals surface area contributed by atoms with Crippen LogP contribution in [0.3, 0.4) is 0 Å². The first-order valence-electron chi connectivity index (χ1n) is 8.93. The molecule has 0 radical (unpaired) electrons. The number of hydrogen-bond acceptors (Lipinski definition) is 4. The highest BCUT2D eigenvalue weighted by atomic mass is 16.6. The maximum atomic E-state index is 11.4. The van der Waals surface area contributed by atoms with Crippen LogP contribution in [0.25, 0.3) is 0 Å². The van der Waals surface area contributed by atoms with Crippen molar-refractivity contribution < 1.29 is 9.66 Å². The standard InChI is InChI=1S/C20H24N2O3/c1-2-6-16-11-13-21(14-12-16)20-15-18(9-10-19(20)22(23)24)25-17-7-4-3-5-8-17/h3-5,7-10,15-16H,2,6,11-14H2,1H3. The van der Waals surface area contributed by atoms with Crippen LogP contribution >= 0.6 is 0 Å². The van der Waals surface area contributed by atoms with Crippen molar-refractivity contribution in [2.75, 3.05) is 18.0 Å². The van der Waals surface area contributed by atoms with Crippen LogP contribution in [0.4, 0.5) is 11.4 Å². The number of nitro benzene ring substituents is 1. The summed E-state index contributed by atoms with van der Waals surface area (Å²) in [4.78, 5) is 13.3. The number of benzene rings is 2. The average molecular weight is 340 g/mol. The summed E-state index contributed by atoms with van der Waals surface area (Å²) in [5, 5.41) is 11.4. The highest BCUT2D eigenvalue weighted by Gasteiger charge is 2.25. The molecule has 0 N–H and O–H groups in total. The molecule has 1 fully saturated rings. The SMILES string of the molecule is CCCC1CCN(c2cc(Oc3ccccc3)ccc2[N+](=O)[O-])CC1. The highest BCUT2D eigenvalue weighted by molar-refractivity contribution is 5.66. The molecule has 3 rings (SSSR count). The van der Waals surface area contributed by atoms with Crippen LogP contribution in [0.1, 0.15) is 32.6 Å². The summed E-state index contributed by atoms with van der Waals surface area (Å²) in [5.41, 5.74) is 0.808. The molecule has 0 bridgehead atoms. The molecule has 0 spiro atoms. The lowest BCUT2D eigenvalue weighted by Gasteiger charge is -2.33. The van der Waals surface area contributed by atoms with Crippen molar-refractivity contribution in [3.8, 4) is 11.5 Å². The Kier molecular flexibility index (Phi) is 5.53. The van der Waals surface area contributed by atoms with E-state index in [1.54, 1.807) is 18.2 Å². The van der Waals surface area contributed by atoms with E-state index in [0.29, 0.717) is 11.4 Å². The Morgan fingerprint density at radius 3 is 2.48 bits per heavy atom. The van der Waals surface area contributed by atoms with Crippen molar-refractivity contribution in [2.45, 2.75) is 32.6 Å². The van der Waals surface area contributed by atoms with Crippen LogP contribution in [0.5, 0.6) is 11.5 Å². The van der Waals surface area contributed by atoms with Crippen LogP contribution < -0.4 is 9.64 Å². The summed E-state index contributed by atoms with van der Waals surface area (Å²) in [6, 6.07) is 14.5. The van der Waals surface area contributed by atoms with Gasteiger partial charge in [0, 0.05) is 25.2 Å². The van der Waals surface area contributed by atoms with Gasteiger partial charge < -0.3 is 9.64 Å². The topological polar surface area (TPSA) is 55.6 Å². The number of hydrogen-bond donors (Lipinski definition) is 0. The third-order valence-electron chi connectivity index (χ3n) is 4.77. The van der Waals surface area contributed by atoms with Crippen molar-refractivity contribution >= 4 is 11.4 Å². The predicted octanol–water partition coefficient (Wildman–Crippen LogP) is 5.40. The van der Waals surface area contributed by atoms with E-state index in [-0.39, 0.29) is 10.6 Å². The van der Waals surface area contributed by atoms with Gasteiger partial charge in [-0.25, -0.2) is 0 Å². The molecule has 0 unspecified atom stereocenters. The Bertz CT molecular complexity index is 710. The summed E-state index contributed by atoms with van der Waals surface area (Å²) >= 11 is 0. The Balaban J connectivity index is 1.81. The molecule has 2 aromatic carbocycles. The fourth-order valence-corrected chi connectivity index (χ4v) is 3.47. The lowest BCUT2D eigenvalue weighted by atomic mass is 9.92. The minimum atomic E-state index is -0.306. The zero-order valence-electron chi connectivity index (χ0n) is 14.6. The van der Waals surface area contributed by atoms with Crippen molar-refractivity contribution in [1.29, 1.82) is 0 Å². The number of nitro groups is 1. The maximum absolute atomic E-state index is 11.4. The van der Waals surface area contributed by atoms with Crippen molar-refractivity contribution in [3.05, 3.63) is 58.6 Å². The highest BCUT2D eigenvalue weighted by Crippen LogP contribution is 2.36. The second kappa shape index (κ2) is 8.01. The molecular weight excluding hydrogens is 316 g/mol. The van der Waals surface area contributed by atoms with Crippen LogP contribution in [0.2, 0.25) is 0 Å². The van der Waals surface area contributed by atoms with E-state index >= 15 is 0 Å². The minimum Gasteiger partial charge on any atom is -0.457 e. The first-order valence-corrected chi connectivity index (χ1v) is 8.93. The quantitative estimate of drug-likeness (QED) is 0.521. The molecule has 132 valence electrons. The Morgan fingerprint density at radius 2 is 1.84 bits per heavy atom. The fourth-order valence-electron chi connectivity index (χ4n) is 3.47. The molecule has 2 aromatic rings. The number of anilines is 1. The van der Waals surface area contributed by atoms with E-state index in [4.69, 9.17) is 4.74 Å². The van der Waals surface area contributed by atoms with E-state index < -0.39 is 0 Å². The molecule has 0 amide bonds. The maximum Gasteiger partial charge on any atom is 0.292 e. The zero-order valence-corrected chi connectivity index (χ0v) is 14.6. The van der Waals surface area contributed by atoms with E-state index in [1.807, 2.05) is 30.3 Å². The summed E-state index contributed by atoms with van der Waals surface area (Å²) < 4.78 is 5.85. The van der Waals surface area contributed by atoms with E-state index in [1.165, 1.54) is 12.8 Å². The molecule has 25 heavy (non-hydrogen) atoms. The Hall–Kier alpha value is -2.56. The molecule has 5 nitrogen and oxygen atoms in total. The van der Waals surface area contributed by atoms with E-state index in [9.17, 15) is 10.1 Å². The van der Waals surface area contributed by atoms with Crippen molar-refractivity contribution in [3.63, 3.8) is 0 Å². The zero-order chi connectivity index (χ0) is 17.6. The second-order valence-corrected chi connectivity index (χ2v) is 6.54. The smallest absolute Gasteiger partial charge is 0.292 e. The number of para-hydroxylation sites is 1. The van der Waals surface area contributed by atoms with E-state index in [2.05, 4.69) is 11.8 Å². The first-order chi connectivity index (χ1) is 12.2. The summed E-state index contributed by atoms with van der Waals surface area (Å²) in [6.45, 7) is 3.93. The molecule has 0 saturated carbocycles.